The predicted octanol–water partition coefficient (Wildman–Crippen LogP) is 5.46. The summed E-state index contributed by atoms with van der Waals surface area (Å²) in [6.07, 6.45) is 1.52. The zero-order valence-electron chi connectivity index (χ0n) is 17.3. The molecule has 0 unspecified atom stereocenters. The summed E-state index contributed by atoms with van der Waals surface area (Å²) in [6.45, 7) is 2.05. The molecule has 6 heteroatoms. The Morgan fingerprint density at radius 2 is 1.65 bits per heavy atom. The van der Waals surface area contributed by atoms with E-state index in [2.05, 4.69) is 32.7 Å². The second-order valence-corrected chi connectivity index (χ2v) is 7.05. The number of nitrogens with zero attached hydrogens (tertiary/aromatic N) is 2. The van der Waals surface area contributed by atoms with Crippen LogP contribution in [0.3, 0.4) is 0 Å². The number of hydrogen-bond donors (Lipinski definition) is 2. The number of nitrogens with one attached hydrogen (secondary N) is 2. The summed E-state index contributed by atoms with van der Waals surface area (Å²) in [7, 11) is 1.59. The highest BCUT2D eigenvalue weighted by atomic mass is 16.5. The minimum atomic E-state index is -0.208. The molecule has 0 aliphatic heterocycles. The lowest BCUT2D eigenvalue weighted by molar-refractivity contribution is 0.102. The summed E-state index contributed by atoms with van der Waals surface area (Å²) in [5.74, 6) is 1.12. The minimum Gasteiger partial charge on any atom is -0.497 e. The van der Waals surface area contributed by atoms with E-state index in [1.807, 2.05) is 55.5 Å². The molecule has 1 heterocycles. The van der Waals surface area contributed by atoms with Crippen molar-refractivity contribution in [3.05, 3.63) is 96.3 Å². The van der Waals surface area contributed by atoms with Crippen molar-refractivity contribution in [3.8, 4) is 17.0 Å². The molecule has 0 bridgehead atoms. The Bertz CT molecular complexity index is 1210. The highest BCUT2D eigenvalue weighted by Gasteiger charge is 2.09. The highest BCUT2D eigenvalue weighted by Crippen LogP contribution is 2.23. The van der Waals surface area contributed by atoms with Crippen LogP contribution in [-0.2, 0) is 0 Å². The smallest absolute Gasteiger partial charge is 0.255 e. The first kappa shape index (κ1) is 20.1. The molecule has 0 aliphatic carbocycles. The van der Waals surface area contributed by atoms with Crippen LogP contribution in [0, 0.1) is 6.92 Å². The first-order chi connectivity index (χ1) is 15.1. The van der Waals surface area contributed by atoms with Crippen molar-refractivity contribution < 1.29 is 9.53 Å². The molecule has 6 nitrogen and oxygen atoms in total. The molecule has 1 aromatic heterocycles. The van der Waals surface area contributed by atoms with Crippen LogP contribution in [0.4, 0.5) is 17.2 Å². The van der Waals surface area contributed by atoms with Crippen molar-refractivity contribution in [1.29, 1.82) is 0 Å². The van der Waals surface area contributed by atoms with Gasteiger partial charge in [0.2, 0.25) is 0 Å². The zero-order chi connectivity index (χ0) is 21.6. The van der Waals surface area contributed by atoms with Crippen molar-refractivity contribution >= 4 is 23.1 Å². The second kappa shape index (κ2) is 9.09. The molecule has 4 aromatic rings. The van der Waals surface area contributed by atoms with Crippen molar-refractivity contribution in [2.75, 3.05) is 17.7 Å². The summed E-state index contributed by atoms with van der Waals surface area (Å²) < 4.78 is 5.20. The standard InChI is InChI=1S/C25H22N4O2/c1-17-9-11-18(12-10-17)23-15-24(27-16-26-23)28-20-6-3-5-19(13-20)25(30)29-21-7-4-8-22(14-21)31-2/h3-16H,1-2H3,(H,29,30)(H,26,27,28). The van der Waals surface area contributed by atoms with Crippen LogP contribution in [-0.4, -0.2) is 23.0 Å². The maximum atomic E-state index is 12.7. The Labute approximate surface area is 181 Å². The number of rotatable bonds is 6. The van der Waals surface area contributed by atoms with E-state index in [0.717, 1.165) is 16.9 Å². The Morgan fingerprint density at radius 3 is 2.45 bits per heavy atom. The summed E-state index contributed by atoms with van der Waals surface area (Å²) >= 11 is 0. The van der Waals surface area contributed by atoms with Gasteiger partial charge in [0.15, 0.2) is 0 Å². The third kappa shape index (κ3) is 5.05. The summed E-state index contributed by atoms with van der Waals surface area (Å²) in [4.78, 5) is 21.3. The van der Waals surface area contributed by atoms with Crippen LogP contribution < -0.4 is 15.4 Å². The molecule has 0 saturated heterocycles. The molecule has 4 rings (SSSR count). The van der Waals surface area contributed by atoms with E-state index in [-0.39, 0.29) is 5.91 Å². The maximum Gasteiger partial charge on any atom is 0.255 e. The molecule has 0 fully saturated rings. The SMILES string of the molecule is COc1cccc(NC(=O)c2cccc(Nc3cc(-c4ccc(C)cc4)ncn3)c2)c1. The monoisotopic (exact) mass is 410 g/mol. The Balaban J connectivity index is 1.50. The molecule has 1 amide bonds. The second-order valence-electron chi connectivity index (χ2n) is 7.05. The Hall–Kier alpha value is -4.19. The summed E-state index contributed by atoms with van der Waals surface area (Å²) in [5.41, 5.74) is 4.99. The number of carbonyl (C=O) groups is 1. The van der Waals surface area contributed by atoms with Gasteiger partial charge in [0.25, 0.3) is 5.91 Å². The maximum absolute atomic E-state index is 12.7. The van der Waals surface area contributed by atoms with E-state index in [4.69, 9.17) is 4.74 Å². The molecule has 2 N–H and O–H groups in total. The number of anilines is 3. The Morgan fingerprint density at radius 1 is 0.871 bits per heavy atom. The number of benzene rings is 3. The van der Waals surface area contributed by atoms with Gasteiger partial charge in [0.05, 0.1) is 12.8 Å². The van der Waals surface area contributed by atoms with E-state index in [1.165, 1.54) is 11.9 Å². The van der Waals surface area contributed by atoms with Gasteiger partial charge < -0.3 is 15.4 Å². The van der Waals surface area contributed by atoms with Crippen LogP contribution in [0.5, 0.6) is 5.75 Å². The highest BCUT2D eigenvalue weighted by molar-refractivity contribution is 6.05. The number of hydrogen-bond acceptors (Lipinski definition) is 5. The number of methoxy groups -OCH3 is 1. The number of aromatic nitrogens is 2. The largest absolute Gasteiger partial charge is 0.497 e. The fourth-order valence-electron chi connectivity index (χ4n) is 3.10. The van der Waals surface area contributed by atoms with Crippen molar-refractivity contribution in [2.45, 2.75) is 6.92 Å². The topological polar surface area (TPSA) is 76.1 Å². The van der Waals surface area contributed by atoms with Crippen LogP contribution >= 0.6 is 0 Å². The van der Waals surface area contributed by atoms with Gasteiger partial charge in [-0.2, -0.15) is 0 Å². The van der Waals surface area contributed by atoms with Gasteiger partial charge in [-0.3, -0.25) is 4.79 Å². The first-order valence-electron chi connectivity index (χ1n) is 9.82. The first-order valence-corrected chi connectivity index (χ1v) is 9.82. The summed E-state index contributed by atoms with van der Waals surface area (Å²) in [6, 6.07) is 24.5. The average molecular weight is 410 g/mol. The lowest BCUT2D eigenvalue weighted by Crippen LogP contribution is -2.12. The number of aryl methyl sites for hydroxylation is 1. The molecule has 0 saturated carbocycles. The molecular formula is C25H22N4O2. The van der Waals surface area contributed by atoms with E-state index in [0.29, 0.717) is 22.8 Å². The van der Waals surface area contributed by atoms with E-state index in [9.17, 15) is 4.79 Å². The van der Waals surface area contributed by atoms with Crippen molar-refractivity contribution in [2.24, 2.45) is 0 Å². The van der Waals surface area contributed by atoms with Gasteiger partial charge in [-0.1, -0.05) is 42.0 Å². The van der Waals surface area contributed by atoms with Gasteiger partial charge in [0, 0.05) is 34.6 Å². The molecule has 0 spiro atoms. The van der Waals surface area contributed by atoms with Gasteiger partial charge in [-0.25, -0.2) is 9.97 Å². The molecule has 0 radical (unpaired) electrons. The van der Waals surface area contributed by atoms with Gasteiger partial charge in [-0.15, -0.1) is 0 Å². The normalized spacial score (nSPS) is 10.4. The molecule has 31 heavy (non-hydrogen) atoms. The predicted molar refractivity (Wildman–Crippen MR) is 123 cm³/mol. The van der Waals surface area contributed by atoms with Crippen molar-refractivity contribution in [3.63, 3.8) is 0 Å². The summed E-state index contributed by atoms with van der Waals surface area (Å²) in [5, 5.41) is 6.14. The van der Waals surface area contributed by atoms with E-state index >= 15 is 0 Å². The van der Waals surface area contributed by atoms with Gasteiger partial charge in [0.1, 0.15) is 17.9 Å². The molecule has 154 valence electrons. The third-order valence-electron chi connectivity index (χ3n) is 4.74. The third-order valence-corrected chi connectivity index (χ3v) is 4.74. The van der Waals surface area contributed by atoms with Gasteiger partial charge in [-0.05, 0) is 37.3 Å². The molecule has 3 aromatic carbocycles. The lowest BCUT2D eigenvalue weighted by Gasteiger charge is -2.10. The lowest BCUT2D eigenvalue weighted by atomic mass is 10.1. The molecule has 0 aliphatic rings. The molecule has 0 atom stereocenters. The quantitative estimate of drug-likeness (QED) is 0.442. The fourth-order valence-corrected chi connectivity index (χ4v) is 3.10. The average Bonchev–Trinajstić information content (AvgIpc) is 2.80. The number of amides is 1. The van der Waals surface area contributed by atoms with Gasteiger partial charge >= 0.3 is 0 Å². The zero-order valence-corrected chi connectivity index (χ0v) is 17.3. The molecular weight excluding hydrogens is 388 g/mol. The number of ether oxygens (including phenoxy) is 1. The van der Waals surface area contributed by atoms with Crippen LogP contribution in [0.1, 0.15) is 15.9 Å². The van der Waals surface area contributed by atoms with Crippen LogP contribution in [0.2, 0.25) is 0 Å². The minimum absolute atomic E-state index is 0.208. The van der Waals surface area contributed by atoms with Crippen LogP contribution in [0.15, 0.2) is 85.2 Å². The van der Waals surface area contributed by atoms with Crippen molar-refractivity contribution in [1.82, 2.24) is 9.97 Å². The fraction of sp³-hybridized carbons (Fsp3) is 0.0800. The van der Waals surface area contributed by atoms with Crippen LogP contribution in [0.25, 0.3) is 11.3 Å². The Kier molecular flexibility index (Phi) is 5.89. The van der Waals surface area contributed by atoms with E-state index in [1.54, 1.807) is 25.3 Å². The number of carbonyl (C=O) groups excluding carboxylic acids is 1. The van der Waals surface area contributed by atoms with E-state index < -0.39 is 0 Å².